The van der Waals surface area contributed by atoms with Crippen LogP contribution in [-0.4, -0.2) is 57.5 Å². The van der Waals surface area contributed by atoms with Gasteiger partial charge in [-0.15, -0.1) is 6.58 Å². The molecule has 1 aromatic rings. The second-order valence-corrected chi connectivity index (χ2v) is 5.30. The lowest BCUT2D eigenvalue weighted by Gasteiger charge is -2.17. The summed E-state index contributed by atoms with van der Waals surface area (Å²) in [4.78, 5) is 48.4. The summed E-state index contributed by atoms with van der Waals surface area (Å²) in [5, 5.41) is 20.5. The molecule has 0 aliphatic carbocycles. The Bertz CT molecular complexity index is 740. The van der Waals surface area contributed by atoms with Crippen molar-refractivity contribution in [3.63, 3.8) is 0 Å². The Kier molecular flexibility index (Phi) is 4.79. The second kappa shape index (κ2) is 6.63. The van der Waals surface area contributed by atoms with Crippen LogP contribution in [0.4, 0.5) is 0 Å². The summed E-state index contributed by atoms with van der Waals surface area (Å²) in [6.45, 7) is 4.76. The van der Waals surface area contributed by atoms with Crippen molar-refractivity contribution in [3.05, 3.63) is 47.5 Å². The van der Waals surface area contributed by atoms with Crippen LogP contribution in [0.3, 0.4) is 0 Å². The third kappa shape index (κ3) is 3.04. The molecule has 2 rings (SSSR count). The Morgan fingerprint density at radius 3 is 2.46 bits per heavy atom. The van der Waals surface area contributed by atoms with Crippen molar-refractivity contribution in [2.75, 3.05) is 6.54 Å². The average Bonchev–Trinajstić information content (AvgIpc) is 2.76. The van der Waals surface area contributed by atoms with Gasteiger partial charge in [0.05, 0.1) is 17.2 Å². The monoisotopic (exact) mass is 332 g/mol. The lowest BCUT2D eigenvalue weighted by molar-refractivity contribution is -0.141. The van der Waals surface area contributed by atoms with Gasteiger partial charge in [0.2, 0.25) is 0 Å². The van der Waals surface area contributed by atoms with E-state index >= 15 is 0 Å². The normalized spacial score (nSPS) is 15.7. The summed E-state index contributed by atoms with van der Waals surface area (Å²) in [5.41, 5.74) is 0.254. The predicted molar refractivity (Wildman–Crippen MR) is 82.6 cm³/mol. The van der Waals surface area contributed by atoms with Crippen molar-refractivity contribution in [1.29, 1.82) is 0 Å². The molecule has 0 saturated heterocycles. The zero-order valence-corrected chi connectivity index (χ0v) is 12.9. The number of hydrogen-bond acceptors (Lipinski definition) is 5. The highest BCUT2D eigenvalue weighted by Gasteiger charge is 2.35. The topological polar surface area (TPSA) is 124 Å². The highest BCUT2D eigenvalue weighted by Crippen LogP contribution is 2.24. The average molecular weight is 332 g/mol. The van der Waals surface area contributed by atoms with Crippen LogP contribution in [-0.2, 0) is 4.79 Å². The fourth-order valence-corrected chi connectivity index (χ4v) is 2.34. The quantitative estimate of drug-likeness (QED) is 0.499. The van der Waals surface area contributed by atoms with Gasteiger partial charge in [0, 0.05) is 12.1 Å². The number of nitrogens with zero attached hydrogens (tertiary/aromatic N) is 1. The van der Waals surface area contributed by atoms with E-state index in [9.17, 15) is 24.3 Å². The Hall–Kier alpha value is -3.00. The van der Waals surface area contributed by atoms with Gasteiger partial charge in [0.15, 0.2) is 6.04 Å². The number of aliphatic carboxylic acids is 1. The Morgan fingerprint density at radius 2 is 1.92 bits per heavy atom. The summed E-state index contributed by atoms with van der Waals surface area (Å²) in [7, 11) is 0. The van der Waals surface area contributed by atoms with Crippen LogP contribution in [0, 0.1) is 0 Å². The number of carboxylic acids is 1. The maximum atomic E-state index is 12.2. The van der Waals surface area contributed by atoms with Gasteiger partial charge in [-0.2, -0.15) is 0 Å². The number of nitrogens with one attached hydrogen (secondary N) is 1. The third-order valence-corrected chi connectivity index (χ3v) is 3.58. The van der Waals surface area contributed by atoms with Gasteiger partial charge in [0.1, 0.15) is 0 Å². The minimum Gasteiger partial charge on any atom is -0.480 e. The highest BCUT2D eigenvalue weighted by atomic mass is 16.4. The van der Waals surface area contributed by atoms with Gasteiger partial charge in [-0.05, 0) is 25.1 Å². The zero-order chi connectivity index (χ0) is 18.0. The molecule has 8 nitrogen and oxygen atoms in total. The number of aliphatic hydroxyl groups excluding tert-OH is 1. The Morgan fingerprint density at radius 1 is 1.29 bits per heavy atom. The fraction of sp³-hybridized carbons (Fsp3) is 0.250. The molecule has 0 unspecified atom stereocenters. The smallest absolute Gasteiger partial charge is 0.328 e. The molecule has 1 aliphatic rings. The number of carbonyl (C=O) groups excluding carboxylic acids is 3. The van der Waals surface area contributed by atoms with Gasteiger partial charge in [-0.25, -0.2) is 4.79 Å². The molecular weight excluding hydrogens is 316 g/mol. The van der Waals surface area contributed by atoms with E-state index in [2.05, 4.69) is 11.9 Å². The van der Waals surface area contributed by atoms with Crippen molar-refractivity contribution < 1.29 is 29.4 Å². The van der Waals surface area contributed by atoms with Crippen LogP contribution in [0.25, 0.3) is 0 Å². The van der Waals surface area contributed by atoms with Gasteiger partial charge in [0.25, 0.3) is 17.7 Å². The van der Waals surface area contributed by atoms with E-state index in [0.29, 0.717) is 0 Å². The molecule has 0 bridgehead atoms. The third-order valence-electron chi connectivity index (χ3n) is 3.58. The van der Waals surface area contributed by atoms with Crippen LogP contribution >= 0.6 is 0 Å². The number of aliphatic hydroxyl groups is 1. The molecule has 0 fully saturated rings. The van der Waals surface area contributed by atoms with Crippen molar-refractivity contribution in [3.8, 4) is 0 Å². The first-order valence-corrected chi connectivity index (χ1v) is 7.10. The first-order valence-electron chi connectivity index (χ1n) is 7.10. The maximum Gasteiger partial charge on any atom is 0.328 e. The highest BCUT2D eigenvalue weighted by molar-refractivity contribution is 6.22. The predicted octanol–water partition coefficient (Wildman–Crippen LogP) is 0.0324. The molecule has 24 heavy (non-hydrogen) atoms. The molecule has 1 aliphatic heterocycles. The fourth-order valence-electron chi connectivity index (χ4n) is 2.34. The Labute approximate surface area is 137 Å². The minimum absolute atomic E-state index is 0.0160. The first-order chi connectivity index (χ1) is 11.3. The van der Waals surface area contributed by atoms with Crippen molar-refractivity contribution in [2.24, 2.45) is 0 Å². The second-order valence-electron chi connectivity index (χ2n) is 5.30. The van der Waals surface area contributed by atoms with Crippen LogP contribution in [0.2, 0.25) is 0 Å². The van der Waals surface area contributed by atoms with Gasteiger partial charge in [-0.1, -0.05) is 6.08 Å². The summed E-state index contributed by atoms with van der Waals surface area (Å²) < 4.78 is 0. The number of carboxylic acid groups (broad SMARTS) is 1. The van der Waals surface area contributed by atoms with E-state index < -0.39 is 35.8 Å². The number of carbonyl (C=O) groups is 4. The number of fused-ring (bicyclic) bond motifs is 1. The molecule has 0 radical (unpaired) electrons. The number of benzene rings is 1. The standard InChI is InChI=1S/C16H16N2O6/c1-3-6-18-14(21)10-5-4-9(7-11(10)15(18)22)13(20)17-12(8(2)19)16(23)24/h3-5,7-8,12,19H,1,6H2,2H3,(H,17,20)(H,23,24)/t8-,12+/m0/s1. The molecule has 0 spiro atoms. The van der Waals surface area contributed by atoms with E-state index in [-0.39, 0.29) is 23.2 Å². The summed E-state index contributed by atoms with van der Waals surface area (Å²) in [6, 6.07) is 2.40. The van der Waals surface area contributed by atoms with Crippen LogP contribution < -0.4 is 5.32 Å². The SMILES string of the molecule is C=CCN1C(=O)c2ccc(C(=O)N[C@@H](C(=O)O)[C@H](C)O)cc2C1=O. The number of amides is 3. The molecule has 3 amide bonds. The Balaban J connectivity index is 2.28. The van der Waals surface area contributed by atoms with Gasteiger partial charge < -0.3 is 15.5 Å². The molecule has 0 aromatic heterocycles. The summed E-state index contributed by atoms with van der Waals surface area (Å²) in [6.07, 6.45) is 0.113. The summed E-state index contributed by atoms with van der Waals surface area (Å²) in [5.74, 6) is -3.18. The largest absolute Gasteiger partial charge is 0.480 e. The van der Waals surface area contributed by atoms with E-state index in [1.807, 2.05) is 0 Å². The molecular formula is C16H16N2O6. The molecule has 1 heterocycles. The van der Waals surface area contributed by atoms with Gasteiger partial charge in [-0.3, -0.25) is 19.3 Å². The van der Waals surface area contributed by atoms with Crippen LogP contribution in [0.1, 0.15) is 38.0 Å². The molecule has 8 heteroatoms. The summed E-state index contributed by atoms with van der Waals surface area (Å²) >= 11 is 0. The van der Waals surface area contributed by atoms with E-state index in [0.717, 1.165) is 4.90 Å². The lowest BCUT2D eigenvalue weighted by Crippen LogP contribution is -2.47. The molecule has 126 valence electrons. The number of imide groups is 1. The van der Waals surface area contributed by atoms with E-state index in [1.165, 1.54) is 31.2 Å². The molecule has 0 saturated carbocycles. The van der Waals surface area contributed by atoms with Crippen LogP contribution in [0.5, 0.6) is 0 Å². The number of hydrogen-bond donors (Lipinski definition) is 3. The lowest BCUT2D eigenvalue weighted by atomic mass is 10.0. The van der Waals surface area contributed by atoms with Gasteiger partial charge >= 0.3 is 5.97 Å². The first kappa shape index (κ1) is 17.4. The van der Waals surface area contributed by atoms with Crippen molar-refractivity contribution in [2.45, 2.75) is 19.1 Å². The minimum atomic E-state index is -1.49. The van der Waals surface area contributed by atoms with E-state index in [4.69, 9.17) is 5.11 Å². The zero-order valence-electron chi connectivity index (χ0n) is 12.9. The van der Waals surface area contributed by atoms with Crippen molar-refractivity contribution >= 4 is 23.7 Å². The molecule has 2 atom stereocenters. The maximum absolute atomic E-state index is 12.2. The van der Waals surface area contributed by atoms with Crippen molar-refractivity contribution in [1.82, 2.24) is 10.2 Å². The molecule has 3 N–H and O–H groups in total. The van der Waals surface area contributed by atoms with E-state index in [1.54, 1.807) is 0 Å². The van der Waals surface area contributed by atoms with Crippen LogP contribution in [0.15, 0.2) is 30.9 Å². The number of rotatable bonds is 6. The molecule has 1 aromatic carbocycles.